The molecule has 0 bridgehead atoms. The number of rotatable bonds is 3. The van der Waals surface area contributed by atoms with Gasteiger partial charge in [-0.05, 0) is 12.1 Å². The minimum atomic E-state index is -0.810. The lowest BCUT2D eigenvalue weighted by Gasteiger charge is -2.14. The molecule has 2 aliphatic heterocycles. The third-order valence-electron chi connectivity index (χ3n) is 3.26. The van der Waals surface area contributed by atoms with Crippen molar-refractivity contribution in [3.8, 4) is 5.75 Å². The summed E-state index contributed by atoms with van der Waals surface area (Å²) in [7, 11) is 0. The van der Waals surface area contributed by atoms with Crippen LogP contribution in [0.3, 0.4) is 0 Å². The summed E-state index contributed by atoms with van der Waals surface area (Å²) in [5.41, 5.74) is 0.748. The molecule has 1 aromatic carbocycles. The molecule has 0 aliphatic carbocycles. The molecule has 2 aliphatic rings. The fourth-order valence-corrected chi connectivity index (χ4v) is 4.74. The van der Waals surface area contributed by atoms with Gasteiger partial charge in [-0.2, -0.15) is 0 Å². The summed E-state index contributed by atoms with van der Waals surface area (Å²) in [5.74, 6) is 0.800. The van der Waals surface area contributed by atoms with Crippen molar-refractivity contribution >= 4 is 34.5 Å². The number of phenolic OH excluding ortho intramolecular Hbond substituents is 1. The predicted molar refractivity (Wildman–Crippen MR) is 81.7 cm³/mol. The van der Waals surface area contributed by atoms with Gasteiger partial charge in [0, 0.05) is 17.1 Å². The summed E-state index contributed by atoms with van der Waals surface area (Å²) < 4.78 is 0. The van der Waals surface area contributed by atoms with Crippen molar-refractivity contribution < 1.29 is 15.0 Å². The van der Waals surface area contributed by atoms with E-state index >= 15 is 0 Å². The van der Waals surface area contributed by atoms with Gasteiger partial charge in [0.25, 0.3) is 0 Å². The van der Waals surface area contributed by atoms with Gasteiger partial charge in [-0.3, -0.25) is 15.1 Å². The van der Waals surface area contributed by atoms with Gasteiger partial charge < -0.3 is 10.2 Å². The number of aliphatic imine (C=N–C) groups is 1. The van der Waals surface area contributed by atoms with E-state index in [1.54, 1.807) is 35.7 Å². The number of carboxylic acid groups (broad SMARTS) is 1. The maximum atomic E-state index is 10.9. The van der Waals surface area contributed by atoms with E-state index in [0.29, 0.717) is 5.75 Å². The Labute approximate surface area is 124 Å². The number of thioether (sulfide) groups is 2. The molecule has 3 rings (SSSR count). The predicted octanol–water partition coefficient (Wildman–Crippen LogP) is 1.37. The van der Waals surface area contributed by atoms with Crippen LogP contribution < -0.4 is 5.32 Å². The Morgan fingerprint density at radius 3 is 2.85 bits per heavy atom. The molecular formula is C13H14N2O3S2. The van der Waals surface area contributed by atoms with E-state index in [4.69, 9.17) is 5.11 Å². The fourth-order valence-electron chi connectivity index (χ4n) is 2.21. The first-order valence-electron chi connectivity index (χ1n) is 6.24. The lowest BCUT2D eigenvalue weighted by Crippen LogP contribution is -2.41. The summed E-state index contributed by atoms with van der Waals surface area (Å²) in [6, 6.07) is 6.70. The highest BCUT2D eigenvalue weighted by atomic mass is 32.2. The number of carboxylic acids is 1. The first-order valence-corrected chi connectivity index (χ1v) is 8.28. The minimum Gasteiger partial charge on any atom is -0.507 e. The van der Waals surface area contributed by atoms with E-state index in [0.717, 1.165) is 16.4 Å². The third kappa shape index (κ3) is 2.65. The molecule has 20 heavy (non-hydrogen) atoms. The van der Waals surface area contributed by atoms with Gasteiger partial charge in [-0.1, -0.05) is 12.1 Å². The van der Waals surface area contributed by atoms with Gasteiger partial charge in [-0.15, -0.1) is 23.5 Å². The molecule has 106 valence electrons. The van der Waals surface area contributed by atoms with Crippen molar-refractivity contribution in [2.75, 3.05) is 11.5 Å². The van der Waals surface area contributed by atoms with E-state index in [-0.39, 0.29) is 17.2 Å². The van der Waals surface area contributed by atoms with Gasteiger partial charge in [-0.25, -0.2) is 0 Å². The first-order chi connectivity index (χ1) is 9.65. The van der Waals surface area contributed by atoms with Crippen molar-refractivity contribution in [1.82, 2.24) is 5.32 Å². The van der Waals surface area contributed by atoms with Crippen LogP contribution in [0.2, 0.25) is 0 Å². The highest BCUT2D eigenvalue weighted by Crippen LogP contribution is 2.33. The molecule has 1 unspecified atom stereocenters. The normalized spacial score (nSPS) is 29.4. The Hall–Kier alpha value is -1.18. The summed E-state index contributed by atoms with van der Waals surface area (Å²) in [4.78, 5) is 15.6. The van der Waals surface area contributed by atoms with Gasteiger partial charge in [0.05, 0.1) is 11.4 Å². The number of para-hydroxylation sites is 1. The van der Waals surface area contributed by atoms with Crippen LogP contribution in [0.1, 0.15) is 5.56 Å². The number of hydrogen-bond acceptors (Lipinski definition) is 6. The fraction of sp³-hybridized carbons (Fsp3) is 0.385. The number of aromatic hydroxyl groups is 1. The van der Waals surface area contributed by atoms with Crippen LogP contribution in [0.15, 0.2) is 29.3 Å². The molecule has 3 atom stereocenters. The quantitative estimate of drug-likeness (QED) is 0.782. The molecule has 1 aromatic rings. The molecule has 1 saturated heterocycles. The van der Waals surface area contributed by atoms with Crippen molar-refractivity contribution in [3.05, 3.63) is 29.8 Å². The van der Waals surface area contributed by atoms with Crippen LogP contribution in [0.5, 0.6) is 5.75 Å². The topological polar surface area (TPSA) is 81.9 Å². The number of aliphatic carboxylic acids is 1. The standard InChI is InChI=1S/C13H14N2O3S2/c16-10-4-2-1-3-7(10)11-14-8(5-19-11)12-15-9(6-20-12)13(17)18/h1-4,8-9,12,15-16H,5-6H2,(H,17,18)/t8-,9+,12?/m1/s1. The Morgan fingerprint density at radius 2 is 2.15 bits per heavy atom. The Balaban J connectivity index is 1.73. The number of hydrogen-bond donors (Lipinski definition) is 3. The van der Waals surface area contributed by atoms with E-state index in [1.165, 1.54) is 0 Å². The summed E-state index contributed by atoms with van der Waals surface area (Å²) in [6.07, 6.45) is 0. The van der Waals surface area contributed by atoms with Crippen molar-refractivity contribution in [3.63, 3.8) is 0 Å². The highest BCUT2D eigenvalue weighted by Gasteiger charge is 2.36. The van der Waals surface area contributed by atoms with E-state index in [2.05, 4.69) is 10.3 Å². The molecule has 1 fully saturated rings. The lowest BCUT2D eigenvalue weighted by atomic mass is 10.2. The van der Waals surface area contributed by atoms with Crippen molar-refractivity contribution in [2.24, 2.45) is 4.99 Å². The number of nitrogens with one attached hydrogen (secondary N) is 1. The molecule has 2 heterocycles. The van der Waals surface area contributed by atoms with E-state index < -0.39 is 12.0 Å². The van der Waals surface area contributed by atoms with Crippen molar-refractivity contribution in [1.29, 1.82) is 0 Å². The minimum absolute atomic E-state index is 0.0342. The molecule has 0 spiro atoms. The van der Waals surface area contributed by atoms with Crippen LogP contribution in [0.25, 0.3) is 0 Å². The lowest BCUT2D eigenvalue weighted by molar-refractivity contribution is -0.138. The Bertz CT molecular complexity index is 564. The SMILES string of the molecule is O=C(O)[C@@H]1CSC([C@H]2CSC(c3ccccc3O)=N2)N1. The maximum absolute atomic E-state index is 10.9. The van der Waals surface area contributed by atoms with Gasteiger partial charge >= 0.3 is 5.97 Å². The van der Waals surface area contributed by atoms with Crippen LogP contribution in [-0.4, -0.2) is 50.2 Å². The number of phenols is 1. The van der Waals surface area contributed by atoms with Crippen LogP contribution in [0, 0.1) is 0 Å². The second-order valence-corrected chi connectivity index (χ2v) is 6.82. The molecule has 3 N–H and O–H groups in total. The number of nitrogens with zero attached hydrogens (tertiary/aromatic N) is 1. The molecular weight excluding hydrogens is 296 g/mol. The van der Waals surface area contributed by atoms with Gasteiger partial charge in [0.2, 0.25) is 0 Å². The zero-order valence-corrected chi connectivity index (χ0v) is 12.2. The first kappa shape index (κ1) is 13.8. The van der Waals surface area contributed by atoms with Crippen molar-refractivity contribution in [2.45, 2.75) is 17.5 Å². The number of benzene rings is 1. The molecule has 0 amide bonds. The molecule has 0 aromatic heterocycles. The summed E-state index contributed by atoms with van der Waals surface area (Å²) >= 11 is 3.21. The Kier molecular flexibility index (Phi) is 3.91. The van der Waals surface area contributed by atoms with Crippen LogP contribution >= 0.6 is 23.5 Å². The largest absolute Gasteiger partial charge is 0.507 e. The Morgan fingerprint density at radius 1 is 1.35 bits per heavy atom. The van der Waals surface area contributed by atoms with Gasteiger partial charge in [0.15, 0.2) is 0 Å². The molecule has 5 nitrogen and oxygen atoms in total. The highest BCUT2D eigenvalue weighted by molar-refractivity contribution is 8.14. The smallest absolute Gasteiger partial charge is 0.321 e. The van der Waals surface area contributed by atoms with Crippen LogP contribution in [0.4, 0.5) is 0 Å². The summed E-state index contributed by atoms with van der Waals surface area (Å²) in [6.45, 7) is 0. The van der Waals surface area contributed by atoms with E-state index in [9.17, 15) is 9.90 Å². The zero-order chi connectivity index (χ0) is 14.1. The second-order valence-electron chi connectivity index (χ2n) is 4.64. The third-order valence-corrected chi connectivity index (χ3v) is 5.71. The molecule has 7 heteroatoms. The average molecular weight is 310 g/mol. The van der Waals surface area contributed by atoms with E-state index in [1.807, 2.05) is 12.1 Å². The maximum Gasteiger partial charge on any atom is 0.321 e. The average Bonchev–Trinajstić information content (AvgIpc) is 3.08. The van der Waals surface area contributed by atoms with Gasteiger partial charge in [0.1, 0.15) is 16.8 Å². The molecule has 0 saturated carbocycles. The molecule has 0 radical (unpaired) electrons. The monoisotopic (exact) mass is 310 g/mol. The number of carbonyl (C=O) groups is 1. The summed E-state index contributed by atoms with van der Waals surface area (Å²) in [5, 5.41) is 22.8. The van der Waals surface area contributed by atoms with Crippen LogP contribution in [-0.2, 0) is 4.79 Å². The zero-order valence-electron chi connectivity index (χ0n) is 10.5. The second kappa shape index (κ2) is 5.67.